The van der Waals surface area contributed by atoms with Gasteiger partial charge in [-0.25, -0.2) is 9.37 Å². The van der Waals surface area contributed by atoms with Gasteiger partial charge in [0.15, 0.2) is 0 Å². The van der Waals surface area contributed by atoms with Gasteiger partial charge in [-0.05, 0) is 42.0 Å². The summed E-state index contributed by atoms with van der Waals surface area (Å²) in [5, 5.41) is 9.45. The Morgan fingerprint density at radius 3 is 2.29 bits per heavy atom. The summed E-state index contributed by atoms with van der Waals surface area (Å²) in [5.41, 5.74) is 2.47. The quantitative estimate of drug-likeness (QED) is 0.933. The number of anilines is 2. The number of benzene rings is 1. The van der Waals surface area contributed by atoms with Gasteiger partial charge < -0.3 is 10.0 Å². The van der Waals surface area contributed by atoms with E-state index in [1.54, 1.807) is 12.1 Å². The number of hydrogen-bond donors (Lipinski definition) is 1. The molecule has 2 aromatic rings. The molecule has 2 rings (SSSR count). The number of hydrogen-bond acceptors (Lipinski definition) is 3. The molecule has 0 spiro atoms. The van der Waals surface area contributed by atoms with E-state index < -0.39 is 0 Å². The summed E-state index contributed by atoms with van der Waals surface area (Å²) in [6.45, 7) is 6.21. The summed E-state index contributed by atoms with van der Waals surface area (Å²) >= 11 is 0. The average molecular weight is 288 g/mol. The summed E-state index contributed by atoms with van der Waals surface area (Å²) in [6, 6.07) is 10.0. The Morgan fingerprint density at radius 2 is 1.76 bits per heavy atom. The highest BCUT2D eigenvalue weighted by molar-refractivity contribution is 5.60. The molecule has 1 aromatic heterocycles. The molecule has 21 heavy (non-hydrogen) atoms. The number of rotatable bonds is 3. The third-order valence-corrected chi connectivity index (χ3v) is 3.38. The molecule has 0 aliphatic rings. The average Bonchev–Trinajstić information content (AvgIpc) is 2.46. The molecule has 112 valence electrons. The van der Waals surface area contributed by atoms with Crippen molar-refractivity contribution < 1.29 is 9.50 Å². The highest BCUT2D eigenvalue weighted by Crippen LogP contribution is 2.28. The van der Waals surface area contributed by atoms with Gasteiger partial charge >= 0.3 is 0 Å². The second-order valence-electron chi connectivity index (χ2n) is 6.16. The largest absolute Gasteiger partial charge is 0.392 e. The summed E-state index contributed by atoms with van der Waals surface area (Å²) in [4.78, 5) is 6.56. The Balaban J connectivity index is 2.45. The molecule has 0 atom stereocenters. The lowest BCUT2D eigenvalue weighted by atomic mass is 9.91. The monoisotopic (exact) mass is 288 g/mol. The van der Waals surface area contributed by atoms with E-state index >= 15 is 0 Å². The van der Waals surface area contributed by atoms with E-state index in [1.165, 1.54) is 12.1 Å². The van der Waals surface area contributed by atoms with E-state index in [1.807, 2.05) is 24.1 Å². The van der Waals surface area contributed by atoms with E-state index in [2.05, 4.69) is 25.8 Å². The van der Waals surface area contributed by atoms with Crippen LogP contribution in [0.1, 0.15) is 32.0 Å². The van der Waals surface area contributed by atoms with Gasteiger partial charge in [-0.2, -0.15) is 0 Å². The normalized spacial score (nSPS) is 11.5. The number of halogens is 1. The minimum Gasteiger partial charge on any atom is -0.392 e. The zero-order valence-electron chi connectivity index (χ0n) is 12.9. The van der Waals surface area contributed by atoms with Crippen LogP contribution in [0.4, 0.5) is 15.9 Å². The van der Waals surface area contributed by atoms with Crippen LogP contribution in [0.5, 0.6) is 0 Å². The van der Waals surface area contributed by atoms with Crippen molar-refractivity contribution >= 4 is 11.5 Å². The number of pyridine rings is 1. The van der Waals surface area contributed by atoms with E-state index in [0.29, 0.717) is 0 Å². The SMILES string of the molecule is CN(c1ccc(F)cc1)c1cc(CO)cc(C(C)(C)C)n1. The molecule has 0 unspecified atom stereocenters. The summed E-state index contributed by atoms with van der Waals surface area (Å²) in [6.07, 6.45) is 0. The lowest BCUT2D eigenvalue weighted by Gasteiger charge is -2.24. The van der Waals surface area contributed by atoms with Crippen LogP contribution >= 0.6 is 0 Å². The molecule has 0 fully saturated rings. The first-order chi connectivity index (χ1) is 9.81. The first-order valence-electron chi connectivity index (χ1n) is 6.93. The molecule has 1 aromatic carbocycles. The number of aliphatic hydroxyl groups excluding tert-OH is 1. The summed E-state index contributed by atoms with van der Waals surface area (Å²) in [5.74, 6) is 0.470. The standard InChI is InChI=1S/C17H21FN2O/c1-17(2,3)15-9-12(11-21)10-16(19-15)20(4)14-7-5-13(18)6-8-14/h5-10,21H,11H2,1-4H3. The van der Waals surface area contributed by atoms with Gasteiger partial charge in [0.05, 0.1) is 6.61 Å². The zero-order chi connectivity index (χ0) is 15.6. The van der Waals surface area contributed by atoms with Gasteiger partial charge in [-0.1, -0.05) is 20.8 Å². The van der Waals surface area contributed by atoms with Crippen molar-refractivity contribution in [1.82, 2.24) is 4.98 Å². The van der Waals surface area contributed by atoms with E-state index in [9.17, 15) is 9.50 Å². The van der Waals surface area contributed by atoms with Crippen molar-refractivity contribution in [2.45, 2.75) is 32.8 Å². The Kier molecular flexibility index (Phi) is 4.28. The molecule has 0 aliphatic heterocycles. The van der Waals surface area contributed by atoms with Crippen LogP contribution in [0.2, 0.25) is 0 Å². The predicted molar refractivity (Wildman–Crippen MR) is 83.3 cm³/mol. The van der Waals surface area contributed by atoms with Gasteiger partial charge in [0, 0.05) is 23.8 Å². The molecule has 3 nitrogen and oxygen atoms in total. The van der Waals surface area contributed by atoms with Crippen LogP contribution in [0.25, 0.3) is 0 Å². The molecule has 0 saturated heterocycles. The highest BCUT2D eigenvalue weighted by Gasteiger charge is 2.18. The van der Waals surface area contributed by atoms with Crippen LogP contribution in [-0.2, 0) is 12.0 Å². The van der Waals surface area contributed by atoms with Crippen molar-refractivity contribution in [2.75, 3.05) is 11.9 Å². The van der Waals surface area contributed by atoms with Gasteiger partial charge in [0.2, 0.25) is 0 Å². The fraction of sp³-hybridized carbons (Fsp3) is 0.353. The smallest absolute Gasteiger partial charge is 0.133 e. The van der Waals surface area contributed by atoms with Crippen molar-refractivity contribution in [3.63, 3.8) is 0 Å². The maximum Gasteiger partial charge on any atom is 0.133 e. The molecule has 0 radical (unpaired) electrons. The van der Waals surface area contributed by atoms with Crippen molar-refractivity contribution in [3.8, 4) is 0 Å². The van der Waals surface area contributed by atoms with Crippen molar-refractivity contribution in [2.24, 2.45) is 0 Å². The molecule has 1 heterocycles. The minimum absolute atomic E-state index is 0.0319. The van der Waals surface area contributed by atoms with Crippen LogP contribution in [-0.4, -0.2) is 17.1 Å². The Labute approximate surface area is 125 Å². The predicted octanol–water partition coefficient (Wildman–Crippen LogP) is 3.78. The van der Waals surface area contributed by atoms with Gasteiger partial charge in [0.25, 0.3) is 0 Å². The fourth-order valence-corrected chi connectivity index (χ4v) is 2.02. The molecule has 0 bridgehead atoms. The molecule has 0 amide bonds. The van der Waals surface area contributed by atoms with Crippen LogP contribution in [0.3, 0.4) is 0 Å². The van der Waals surface area contributed by atoms with E-state index in [4.69, 9.17) is 0 Å². The zero-order valence-corrected chi connectivity index (χ0v) is 12.9. The number of nitrogens with zero attached hydrogens (tertiary/aromatic N) is 2. The van der Waals surface area contributed by atoms with Crippen LogP contribution in [0, 0.1) is 5.82 Å². The Bertz CT molecular complexity index is 618. The summed E-state index contributed by atoms with van der Waals surface area (Å²) in [7, 11) is 1.88. The number of aliphatic hydroxyl groups is 1. The third kappa shape index (κ3) is 3.58. The molecule has 4 heteroatoms. The van der Waals surface area contributed by atoms with Crippen LogP contribution in [0.15, 0.2) is 36.4 Å². The van der Waals surface area contributed by atoms with Gasteiger partial charge in [0.1, 0.15) is 11.6 Å². The lowest BCUT2D eigenvalue weighted by molar-refractivity contribution is 0.281. The molecular weight excluding hydrogens is 267 g/mol. The maximum absolute atomic E-state index is 13.0. The summed E-state index contributed by atoms with van der Waals surface area (Å²) < 4.78 is 13.0. The lowest BCUT2D eigenvalue weighted by Crippen LogP contribution is -2.18. The first-order valence-corrected chi connectivity index (χ1v) is 6.93. The fourth-order valence-electron chi connectivity index (χ4n) is 2.02. The van der Waals surface area contributed by atoms with Crippen LogP contribution < -0.4 is 4.90 Å². The van der Waals surface area contributed by atoms with E-state index in [0.717, 1.165) is 22.8 Å². The second-order valence-corrected chi connectivity index (χ2v) is 6.16. The topological polar surface area (TPSA) is 36.4 Å². The van der Waals surface area contributed by atoms with Gasteiger partial charge in [-0.15, -0.1) is 0 Å². The number of aromatic nitrogens is 1. The second kappa shape index (κ2) is 5.82. The maximum atomic E-state index is 13.0. The first kappa shape index (κ1) is 15.4. The highest BCUT2D eigenvalue weighted by atomic mass is 19.1. The third-order valence-electron chi connectivity index (χ3n) is 3.38. The Hall–Kier alpha value is -1.94. The molecular formula is C17H21FN2O. The minimum atomic E-state index is -0.264. The molecule has 0 saturated carbocycles. The van der Waals surface area contributed by atoms with Crippen molar-refractivity contribution in [1.29, 1.82) is 0 Å². The molecule has 0 aliphatic carbocycles. The van der Waals surface area contributed by atoms with E-state index in [-0.39, 0.29) is 17.8 Å². The van der Waals surface area contributed by atoms with Crippen molar-refractivity contribution in [3.05, 3.63) is 53.5 Å². The molecule has 1 N–H and O–H groups in total. The van der Waals surface area contributed by atoms with Gasteiger partial charge in [-0.3, -0.25) is 0 Å². The Morgan fingerprint density at radius 1 is 1.14 bits per heavy atom.